The second-order valence-corrected chi connectivity index (χ2v) is 3.68. The second kappa shape index (κ2) is 4.74. The maximum Gasteiger partial charge on any atom is 0.197 e. The van der Waals surface area contributed by atoms with E-state index in [1.165, 1.54) is 6.20 Å². The molecule has 17 heavy (non-hydrogen) atoms. The molecule has 2 rings (SSSR count). The normalized spacial score (nSPS) is 10.2. The molecule has 2 N–H and O–H groups in total. The molecule has 0 saturated heterocycles. The fourth-order valence-corrected chi connectivity index (χ4v) is 1.67. The van der Waals surface area contributed by atoms with Crippen LogP contribution in [0.3, 0.4) is 0 Å². The van der Waals surface area contributed by atoms with Crippen molar-refractivity contribution in [1.82, 2.24) is 9.97 Å². The molecule has 2 aromatic heterocycles. The summed E-state index contributed by atoms with van der Waals surface area (Å²) in [6.45, 7) is 1.99. The molecule has 0 unspecified atom stereocenters. The number of aryl methyl sites for hydroxylation is 1. The summed E-state index contributed by atoms with van der Waals surface area (Å²) in [7, 11) is 0. The molecular weight excluding hydrogens is 214 g/mol. The first-order valence-corrected chi connectivity index (χ1v) is 5.41. The van der Waals surface area contributed by atoms with Crippen LogP contribution < -0.4 is 5.73 Å². The first-order chi connectivity index (χ1) is 8.24. The first kappa shape index (κ1) is 11.3. The lowest BCUT2D eigenvalue weighted by atomic mass is 9.99. The summed E-state index contributed by atoms with van der Waals surface area (Å²) in [5.74, 6) is -0.102. The Morgan fingerprint density at radius 3 is 2.59 bits per heavy atom. The molecule has 0 radical (unpaired) electrons. The van der Waals surface area contributed by atoms with E-state index in [9.17, 15) is 4.79 Å². The van der Waals surface area contributed by atoms with Gasteiger partial charge < -0.3 is 5.73 Å². The molecule has 0 spiro atoms. The van der Waals surface area contributed by atoms with Gasteiger partial charge in [0.2, 0.25) is 0 Å². The average molecular weight is 227 g/mol. The van der Waals surface area contributed by atoms with Crippen molar-refractivity contribution in [1.29, 1.82) is 0 Å². The van der Waals surface area contributed by atoms with E-state index >= 15 is 0 Å². The highest BCUT2D eigenvalue weighted by atomic mass is 16.1. The van der Waals surface area contributed by atoms with Crippen LogP contribution in [0.2, 0.25) is 0 Å². The predicted octanol–water partition coefficient (Wildman–Crippen LogP) is 1.85. The Morgan fingerprint density at radius 2 is 1.88 bits per heavy atom. The summed E-state index contributed by atoms with van der Waals surface area (Å²) in [4.78, 5) is 20.2. The smallest absolute Gasteiger partial charge is 0.197 e. The molecule has 0 fully saturated rings. The van der Waals surface area contributed by atoms with E-state index in [2.05, 4.69) is 9.97 Å². The lowest BCUT2D eigenvalue weighted by Crippen LogP contribution is -2.08. The number of carbonyl (C=O) groups excluding carboxylic acids is 1. The Balaban J connectivity index is 2.48. The largest absolute Gasteiger partial charge is 0.398 e. The van der Waals surface area contributed by atoms with Gasteiger partial charge in [-0.3, -0.25) is 14.8 Å². The monoisotopic (exact) mass is 227 g/mol. The first-order valence-electron chi connectivity index (χ1n) is 5.41. The quantitative estimate of drug-likeness (QED) is 0.812. The van der Waals surface area contributed by atoms with Gasteiger partial charge in [0.05, 0.1) is 5.56 Å². The van der Waals surface area contributed by atoms with Crippen molar-refractivity contribution in [2.75, 3.05) is 5.73 Å². The minimum atomic E-state index is -0.102. The molecule has 2 heterocycles. The molecular formula is C13H13N3O. The van der Waals surface area contributed by atoms with Gasteiger partial charge in [-0.05, 0) is 24.1 Å². The molecule has 2 aromatic rings. The van der Waals surface area contributed by atoms with E-state index in [0.717, 1.165) is 12.0 Å². The SMILES string of the molecule is CCc1cnccc1C(=O)c1cnccc1N. The number of hydrogen-bond donors (Lipinski definition) is 1. The van der Waals surface area contributed by atoms with Crippen LogP contribution in [0.5, 0.6) is 0 Å². The molecule has 0 aliphatic carbocycles. The molecule has 0 aromatic carbocycles. The predicted molar refractivity (Wildman–Crippen MR) is 65.7 cm³/mol. The number of hydrogen-bond acceptors (Lipinski definition) is 4. The lowest BCUT2D eigenvalue weighted by Gasteiger charge is -2.07. The molecule has 4 nitrogen and oxygen atoms in total. The molecule has 0 bridgehead atoms. The van der Waals surface area contributed by atoms with Crippen LogP contribution in [0.4, 0.5) is 5.69 Å². The Hall–Kier alpha value is -2.23. The zero-order valence-electron chi connectivity index (χ0n) is 9.55. The van der Waals surface area contributed by atoms with Crippen LogP contribution in [-0.2, 0) is 6.42 Å². The topological polar surface area (TPSA) is 68.9 Å². The van der Waals surface area contributed by atoms with Gasteiger partial charge in [0.25, 0.3) is 0 Å². The van der Waals surface area contributed by atoms with Gasteiger partial charge in [-0.2, -0.15) is 0 Å². The molecule has 0 aliphatic rings. The number of aromatic nitrogens is 2. The third kappa shape index (κ3) is 2.15. The molecule has 0 aliphatic heterocycles. The number of nitrogen functional groups attached to an aromatic ring is 1. The Bertz CT molecular complexity index is 552. The summed E-state index contributed by atoms with van der Waals surface area (Å²) >= 11 is 0. The molecule has 0 saturated carbocycles. The van der Waals surface area contributed by atoms with Gasteiger partial charge in [-0.15, -0.1) is 0 Å². The zero-order valence-corrected chi connectivity index (χ0v) is 9.55. The summed E-state index contributed by atoms with van der Waals surface area (Å²) in [5, 5.41) is 0. The third-order valence-electron chi connectivity index (χ3n) is 2.63. The van der Waals surface area contributed by atoms with Crippen molar-refractivity contribution in [2.45, 2.75) is 13.3 Å². The third-order valence-corrected chi connectivity index (χ3v) is 2.63. The number of anilines is 1. The van der Waals surface area contributed by atoms with Gasteiger partial charge in [0.15, 0.2) is 5.78 Å². The average Bonchev–Trinajstić information content (AvgIpc) is 2.38. The van der Waals surface area contributed by atoms with E-state index in [1.54, 1.807) is 30.7 Å². The standard InChI is InChI=1S/C13H13N3O/c1-2-9-7-15-5-3-10(9)13(17)11-8-16-6-4-12(11)14/h3-8H,2H2,1H3,(H2,14,16). The van der Waals surface area contributed by atoms with Gasteiger partial charge in [0.1, 0.15) is 0 Å². The maximum absolute atomic E-state index is 12.3. The van der Waals surface area contributed by atoms with Crippen molar-refractivity contribution in [2.24, 2.45) is 0 Å². The van der Waals surface area contributed by atoms with E-state index in [0.29, 0.717) is 16.8 Å². The van der Waals surface area contributed by atoms with Gasteiger partial charge >= 0.3 is 0 Å². The van der Waals surface area contributed by atoms with E-state index in [1.807, 2.05) is 6.92 Å². The van der Waals surface area contributed by atoms with Gasteiger partial charge in [-0.25, -0.2) is 0 Å². The van der Waals surface area contributed by atoms with Crippen LogP contribution in [0, 0.1) is 0 Å². The molecule has 0 atom stereocenters. The highest BCUT2D eigenvalue weighted by Gasteiger charge is 2.15. The molecule has 4 heteroatoms. The Morgan fingerprint density at radius 1 is 1.18 bits per heavy atom. The minimum Gasteiger partial charge on any atom is -0.398 e. The number of nitrogens with zero attached hydrogens (tertiary/aromatic N) is 2. The highest BCUT2D eigenvalue weighted by molar-refractivity contribution is 6.12. The number of rotatable bonds is 3. The number of carbonyl (C=O) groups is 1. The number of nitrogens with two attached hydrogens (primary N) is 1. The van der Waals surface area contributed by atoms with Gasteiger partial charge in [-0.1, -0.05) is 6.92 Å². The lowest BCUT2D eigenvalue weighted by molar-refractivity contribution is 0.103. The Labute approximate surface area is 99.5 Å². The van der Waals surface area contributed by atoms with E-state index < -0.39 is 0 Å². The fourth-order valence-electron chi connectivity index (χ4n) is 1.67. The second-order valence-electron chi connectivity index (χ2n) is 3.68. The van der Waals surface area contributed by atoms with E-state index in [-0.39, 0.29) is 5.78 Å². The zero-order chi connectivity index (χ0) is 12.3. The summed E-state index contributed by atoms with van der Waals surface area (Å²) in [6.07, 6.45) is 7.14. The number of ketones is 1. The van der Waals surface area contributed by atoms with Crippen LogP contribution >= 0.6 is 0 Å². The van der Waals surface area contributed by atoms with Crippen molar-refractivity contribution >= 4 is 11.5 Å². The van der Waals surface area contributed by atoms with Gasteiger partial charge in [0, 0.05) is 36.0 Å². The van der Waals surface area contributed by atoms with Crippen molar-refractivity contribution in [3.05, 3.63) is 53.6 Å². The summed E-state index contributed by atoms with van der Waals surface area (Å²) < 4.78 is 0. The Kier molecular flexibility index (Phi) is 3.14. The van der Waals surface area contributed by atoms with Crippen molar-refractivity contribution in [3.8, 4) is 0 Å². The highest BCUT2D eigenvalue weighted by Crippen LogP contribution is 2.17. The minimum absolute atomic E-state index is 0.102. The summed E-state index contributed by atoms with van der Waals surface area (Å²) in [5.41, 5.74) is 8.22. The molecule has 0 amide bonds. The van der Waals surface area contributed by atoms with Crippen LogP contribution in [0.25, 0.3) is 0 Å². The van der Waals surface area contributed by atoms with Crippen molar-refractivity contribution in [3.63, 3.8) is 0 Å². The van der Waals surface area contributed by atoms with E-state index in [4.69, 9.17) is 5.73 Å². The maximum atomic E-state index is 12.3. The van der Waals surface area contributed by atoms with Crippen LogP contribution in [0.15, 0.2) is 36.9 Å². The van der Waals surface area contributed by atoms with Crippen LogP contribution in [0.1, 0.15) is 28.4 Å². The number of pyridine rings is 2. The van der Waals surface area contributed by atoms with Crippen molar-refractivity contribution < 1.29 is 4.79 Å². The summed E-state index contributed by atoms with van der Waals surface area (Å²) in [6, 6.07) is 3.34. The van der Waals surface area contributed by atoms with Crippen LogP contribution in [-0.4, -0.2) is 15.8 Å². The fraction of sp³-hybridized carbons (Fsp3) is 0.154. The molecule has 86 valence electrons.